The van der Waals surface area contributed by atoms with Crippen molar-refractivity contribution in [2.24, 2.45) is 0 Å². The summed E-state index contributed by atoms with van der Waals surface area (Å²) in [6, 6.07) is 7.86. The van der Waals surface area contributed by atoms with Crippen LogP contribution in [0.15, 0.2) is 30.5 Å². The Bertz CT molecular complexity index is 635. The first kappa shape index (κ1) is 12.3. The number of aryl methyl sites for hydroxylation is 1. The summed E-state index contributed by atoms with van der Waals surface area (Å²) in [6.07, 6.45) is 1.47. The van der Waals surface area contributed by atoms with Crippen LogP contribution in [0.4, 0.5) is 15.9 Å². The Morgan fingerprint density at radius 1 is 1.39 bits per heavy atom. The van der Waals surface area contributed by atoms with E-state index in [4.69, 9.17) is 16.9 Å². The number of nitrogens with one attached hydrogen (secondary N) is 1. The zero-order valence-corrected chi connectivity index (χ0v) is 10.3. The second-order valence-electron chi connectivity index (χ2n) is 3.72. The number of halogens is 2. The third-order valence-corrected chi connectivity index (χ3v) is 2.84. The molecule has 0 saturated carbocycles. The van der Waals surface area contributed by atoms with Gasteiger partial charge in [0.2, 0.25) is 0 Å². The van der Waals surface area contributed by atoms with Gasteiger partial charge in [0, 0.05) is 11.9 Å². The highest BCUT2D eigenvalue weighted by Crippen LogP contribution is 2.27. The van der Waals surface area contributed by atoms with E-state index in [-0.39, 0.29) is 10.8 Å². The summed E-state index contributed by atoms with van der Waals surface area (Å²) in [5, 5.41) is 12.0. The molecule has 0 atom stereocenters. The van der Waals surface area contributed by atoms with Crippen molar-refractivity contribution in [3.63, 3.8) is 0 Å². The normalized spacial score (nSPS) is 9.89. The Kier molecular flexibility index (Phi) is 3.45. The van der Waals surface area contributed by atoms with Crippen LogP contribution in [0.5, 0.6) is 0 Å². The predicted molar refractivity (Wildman–Crippen MR) is 68.4 cm³/mol. The molecule has 0 amide bonds. The highest BCUT2D eigenvalue weighted by atomic mass is 35.5. The minimum Gasteiger partial charge on any atom is -0.339 e. The van der Waals surface area contributed by atoms with Crippen molar-refractivity contribution in [2.45, 2.75) is 6.92 Å². The van der Waals surface area contributed by atoms with E-state index in [2.05, 4.69) is 10.3 Å². The zero-order valence-electron chi connectivity index (χ0n) is 9.54. The maximum absolute atomic E-state index is 13.2. The lowest BCUT2D eigenvalue weighted by Gasteiger charge is -2.10. The van der Waals surface area contributed by atoms with Gasteiger partial charge in [-0.1, -0.05) is 17.7 Å². The minimum atomic E-state index is -0.351. The highest BCUT2D eigenvalue weighted by Gasteiger charge is 2.09. The maximum Gasteiger partial charge on any atom is 0.150 e. The molecule has 0 aliphatic rings. The van der Waals surface area contributed by atoms with Crippen LogP contribution >= 0.6 is 11.6 Å². The van der Waals surface area contributed by atoms with Crippen LogP contribution in [0.3, 0.4) is 0 Å². The first-order valence-electron chi connectivity index (χ1n) is 5.19. The SMILES string of the molecule is Cc1ccc(F)cc1Nc1nccc(C#N)c1Cl. The lowest BCUT2D eigenvalue weighted by atomic mass is 10.2. The number of benzene rings is 1. The minimum absolute atomic E-state index is 0.226. The average Bonchev–Trinajstić information content (AvgIpc) is 2.36. The summed E-state index contributed by atoms with van der Waals surface area (Å²) in [4.78, 5) is 4.04. The van der Waals surface area contributed by atoms with Gasteiger partial charge in [0.15, 0.2) is 5.82 Å². The summed E-state index contributed by atoms with van der Waals surface area (Å²) in [5.41, 5.74) is 1.75. The Labute approximate surface area is 109 Å². The monoisotopic (exact) mass is 261 g/mol. The molecule has 0 saturated heterocycles. The molecule has 1 heterocycles. The van der Waals surface area contributed by atoms with E-state index in [1.165, 1.54) is 24.4 Å². The third kappa shape index (κ3) is 2.41. The van der Waals surface area contributed by atoms with Gasteiger partial charge in [-0.2, -0.15) is 5.26 Å². The van der Waals surface area contributed by atoms with Gasteiger partial charge < -0.3 is 5.32 Å². The molecule has 18 heavy (non-hydrogen) atoms. The Balaban J connectivity index is 2.41. The van der Waals surface area contributed by atoms with Gasteiger partial charge in [0.05, 0.1) is 5.56 Å². The molecule has 0 aliphatic carbocycles. The number of nitriles is 1. The number of rotatable bonds is 2. The fourth-order valence-corrected chi connectivity index (χ4v) is 1.67. The van der Waals surface area contributed by atoms with Crippen molar-refractivity contribution in [1.29, 1.82) is 5.26 Å². The molecule has 2 aromatic rings. The van der Waals surface area contributed by atoms with Crippen molar-refractivity contribution >= 4 is 23.1 Å². The number of nitrogens with zero attached hydrogens (tertiary/aromatic N) is 2. The Morgan fingerprint density at radius 2 is 2.17 bits per heavy atom. The molecule has 1 aromatic heterocycles. The molecule has 5 heteroatoms. The van der Waals surface area contributed by atoms with Crippen molar-refractivity contribution in [2.75, 3.05) is 5.32 Å². The van der Waals surface area contributed by atoms with E-state index < -0.39 is 0 Å². The summed E-state index contributed by atoms with van der Waals surface area (Å²) in [6.45, 7) is 1.84. The van der Waals surface area contributed by atoms with Gasteiger partial charge in [-0.05, 0) is 30.7 Å². The van der Waals surface area contributed by atoms with Gasteiger partial charge in [-0.15, -0.1) is 0 Å². The second kappa shape index (κ2) is 5.03. The first-order valence-corrected chi connectivity index (χ1v) is 5.57. The van der Waals surface area contributed by atoms with Crippen LogP contribution in [0.25, 0.3) is 0 Å². The highest BCUT2D eigenvalue weighted by molar-refractivity contribution is 6.34. The topological polar surface area (TPSA) is 48.7 Å². The van der Waals surface area contributed by atoms with Gasteiger partial charge in [-0.3, -0.25) is 0 Å². The smallest absolute Gasteiger partial charge is 0.150 e. The van der Waals surface area contributed by atoms with E-state index in [0.29, 0.717) is 17.1 Å². The number of aromatic nitrogens is 1. The molecular formula is C13H9ClFN3. The molecule has 0 aliphatic heterocycles. The van der Waals surface area contributed by atoms with Crippen LogP contribution in [-0.2, 0) is 0 Å². The molecule has 1 aromatic carbocycles. The first-order chi connectivity index (χ1) is 8.61. The summed E-state index contributed by atoms with van der Waals surface area (Å²) in [7, 11) is 0. The molecule has 0 unspecified atom stereocenters. The van der Waals surface area contributed by atoms with E-state index in [0.717, 1.165) is 5.56 Å². The van der Waals surface area contributed by atoms with Crippen LogP contribution in [0, 0.1) is 24.1 Å². The molecule has 90 valence electrons. The lowest BCUT2D eigenvalue weighted by molar-refractivity contribution is 0.628. The number of hydrogen-bond donors (Lipinski definition) is 1. The van der Waals surface area contributed by atoms with Gasteiger partial charge in [-0.25, -0.2) is 9.37 Å². The zero-order chi connectivity index (χ0) is 13.1. The largest absolute Gasteiger partial charge is 0.339 e. The van der Waals surface area contributed by atoms with Crippen molar-refractivity contribution in [1.82, 2.24) is 4.98 Å². The quantitative estimate of drug-likeness (QED) is 0.895. The van der Waals surface area contributed by atoms with Crippen molar-refractivity contribution in [3.8, 4) is 6.07 Å². The summed E-state index contributed by atoms with van der Waals surface area (Å²) < 4.78 is 13.2. The molecular weight excluding hydrogens is 253 g/mol. The lowest BCUT2D eigenvalue weighted by Crippen LogP contribution is -1.98. The van der Waals surface area contributed by atoms with E-state index in [1.807, 2.05) is 13.0 Å². The van der Waals surface area contributed by atoms with Crippen molar-refractivity contribution in [3.05, 3.63) is 52.4 Å². The Hall–Kier alpha value is -2.12. The third-order valence-electron chi connectivity index (χ3n) is 2.46. The van der Waals surface area contributed by atoms with E-state index in [1.54, 1.807) is 6.07 Å². The summed E-state index contributed by atoms with van der Waals surface area (Å²) >= 11 is 6.01. The van der Waals surface area contributed by atoms with Crippen LogP contribution < -0.4 is 5.32 Å². The summed E-state index contributed by atoms with van der Waals surface area (Å²) in [5.74, 6) is -0.0138. The van der Waals surface area contributed by atoms with Crippen LogP contribution in [0.1, 0.15) is 11.1 Å². The molecule has 0 fully saturated rings. The molecule has 0 radical (unpaired) electrons. The van der Waals surface area contributed by atoms with E-state index >= 15 is 0 Å². The standard InChI is InChI=1S/C13H9ClFN3/c1-8-2-3-10(15)6-11(8)18-13-12(14)9(7-16)4-5-17-13/h2-6H,1H3,(H,17,18). The molecule has 3 nitrogen and oxygen atoms in total. The molecule has 1 N–H and O–H groups in total. The number of pyridine rings is 1. The van der Waals surface area contributed by atoms with Gasteiger partial charge >= 0.3 is 0 Å². The fourth-order valence-electron chi connectivity index (χ4n) is 1.47. The van der Waals surface area contributed by atoms with Crippen LogP contribution in [-0.4, -0.2) is 4.98 Å². The molecule has 2 rings (SSSR count). The van der Waals surface area contributed by atoms with Gasteiger partial charge in [0.1, 0.15) is 16.9 Å². The molecule has 0 spiro atoms. The predicted octanol–water partition coefficient (Wildman–Crippen LogP) is 3.80. The number of hydrogen-bond acceptors (Lipinski definition) is 3. The van der Waals surface area contributed by atoms with Gasteiger partial charge in [0.25, 0.3) is 0 Å². The Morgan fingerprint density at radius 3 is 2.89 bits per heavy atom. The van der Waals surface area contributed by atoms with Crippen molar-refractivity contribution < 1.29 is 4.39 Å². The van der Waals surface area contributed by atoms with E-state index in [9.17, 15) is 4.39 Å². The number of anilines is 2. The average molecular weight is 262 g/mol. The fraction of sp³-hybridized carbons (Fsp3) is 0.0769. The second-order valence-corrected chi connectivity index (χ2v) is 4.10. The maximum atomic E-state index is 13.2. The molecule has 0 bridgehead atoms. The van der Waals surface area contributed by atoms with Crippen LogP contribution in [0.2, 0.25) is 5.02 Å².